The van der Waals surface area contributed by atoms with Crippen molar-refractivity contribution in [3.8, 4) is 11.5 Å². The van der Waals surface area contributed by atoms with Crippen LogP contribution in [0.2, 0.25) is 0 Å². The minimum absolute atomic E-state index is 0.118. The second kappa shape index (κ2) is 6.88. The highest BCUT2D eigenvalue weighted by Crippen LogP contribution is 2.37. The molecular weight excluding hydrogens is 296 g/mol. The lowest BCUT2D eigenvalue weighted by molar-refractivity contribution is 0.439. The number of hydrogen-bond acceptors (Lipinski definition) is 2. The Morgan fingerprint density at radius 2 is 1.38 bits per heavy atom. The first-order valence-corrected chi connectivity index (χ1v) is 8.84. The monoisotopic (exact) mass is 326 g/mol. The zero-order valence-electron chi connectivity index (χ0n) is 15.8. The van der Waals surface area contributed by atoms with Crippen molar-refractivity contribution in [1.29, 1.82) is 0 Å². The van der Waals surface area contributed by atoms with Crippen LogP contribution in [0.15, 0.2) is 24.3 Å². The van der Waals surface area contributed by atoms with Gasteiger partial charge < -0.3 is 10.2 Å². The van der Waals surface area contributed by atoms with Crippen molar-refractivity contribution < 1.29 is 10.2 Å². The van der Waals surface area contributed by atoms with E-state index in [9.17, 15) is 10.2 Å². The number of aryl methyl sites for hydroxylation is 3. The van der Waals surface area contributed by atoms with E-state index in [0.717, 1.165) is 40.7 Å². The smallest absolute Gasteiger partial charge is 0.122 e. The molecule has 0 bridgehead atoms. The Labute approximate surface area is 146 Å². The third-order valence-electron chi connectivity index (χ3n) is 4.64. The molecule has 0 aromatic heterocycles. The van der Waals surface area contributed by atoms with Gasteiger partial charge in [-0.2, -0.15) is 0 Å². The predicted octanol–water partition coefficient (Wildman–Crippen LogP) is 5.42. The maximum atomic E-state index is 10.8. The summed E-state index contributed by atoms with van der Waals surface area (Å²) in [5, 5.41) is 21.4. The van der Waals surface area contributed by atoms with E-state index in [1.54, 1.807) is 0 Å². The Morgan fingerprint density at radius 1 is 0.792 bits per heavy atom. The molecule has 0 atom stereocenters. The molecule has 0 spiro atoms. The Kier molecular flexibility index (Phi) is 5.27. The summed E-state index contributed by atoms with van der Waals surface area (Å²) >= 11 is 0. The molecule has 2 N–H and O–H groups in total. The lowest BCUT2D eigenvalue weighted by atomic mass is 9.83. The van der Waals surface area contributed by atoms with Crippen molar-refractivity contribution in [3.05, 3.63) is 57.6 Å². The van der Waals surface area contributed by atoms with Crippen LogP contribution < -0.4 is 0 Å². The quantitative estimate of drug-likeness (QED) is 0.787. The number of rotatable bonds is 4. The van der Waals surface area contributed by atoms with Gasteiger partial charge in [0.25, 0.3) is 0 Å². The summed E-state index contributed by atoms with van der Waals surface area (Å²) in [4.78, 5) is 0. The van der Waals surface area contributed by atoms with Crippen molar-refractivity contribution in [2.24, 2.45) is 0 Å². The van der Waals surface area contributed by atoms with E-state index >= 15 is 0 Å². The van der Waals surface area contributed by atoms with Gasteiger partial charge in [0.1, 0.15) is 11.5 Å². The Morgan fingerprint density at radius 3 is 1.92 bits per heavy atom. The van der Waals surface area contributed by atoms with Gasteiger partial charge in [-0.3, -0.25) is 0 Å². The van der Waals surface area contributed by atoms with Gasteiger partial charge in [0.05, 0.1) is 0 Å². The molecule has 2 nitrogen and oxygen atoms in total. The van der Waals surface area contributed by atoms with Gasteiger partial charge in [-0.25, -0.2) is 0 Å². The van der Waals surface area contributed by atoms with E-state index in [1.807, 2.05) is 6.07 Å². The number of hydrogen-bond donors (Lipinski definition) is 2. The topological polar surface area (TPSA) is 40.5 Å². The van der Waals surface area contributed by atoms with Crippen LogP contribution in [0.3, 0.4) is 0 Å². The van der Waals surface area contributed by atoms with E-state index in [4.69, 9.17) is 0 Å². The highest BCUT2D eigenvalue weighted by Gasteiger charge is 2.21. The lowest BCUT2D eigenvalue weighted by Gasteiger charge is -2.23. The number of phenolic OH excluding ortho intramolecular Hbond substituents is 2. The van der Waals surface area contributed by atoms with Crippen LogP contribution in [-0.4, -0.2) is 10.2 Å². The van der Waals surface area contributed by atoms with E-state index < -0.39 is 0 Å². The second-order valence-electron chi connectivity index (χ2n) is 7.72. The largest absolute Gasteiger partial charge is 0.507 e. The highest BCUT2D eigenvalue weighted by molar-refractivity contribution is 5.52. The zero-order valence-corrected chi connectivity index (χ0v) is 15.8. The first-order chi connectivity index (χ1) is 11.2. The fraction of sp³-hybridized carbons (Fsp3) is 0.455. The van der Waals surface area contributed by atoms with Gasteiger partial charge in [-0.15, -0.1) is 0 Å². The lowest BCUT2D eigenvalue weighted by Crippen LogP contribution is -2.12. The first kappa shape index (κ1) is 18.4. The molecule has 2 aromatic carbocycles. The predicted molar refractivity (Wildman–Crippen MR) is 101 cm³/mol. The van der Waals surface area contributed by atoms with Gasteiger partial charge >= 0.3 is 0 Å². The Hall–Kier alpha value is -1.96. The van der Waals surface area contributed by atoms with E-state index in [2.05, 4.69) is 59.7 Å². The third kappa shape index (κ3) is 3.75. The Bertz CT molecular complexity index is 737. The zero-order chi connectivity index (χ0) is 18.1. The molecular formula is C22H30O2. The van der Waals surface area contributed by atoms with Crippen molar-refractivity contribution in [1.82, 2.24) is 0 Å². The number of aromatic hydroxyl groups is 2. The van der Waals surface area contributed by atoms with E-state index in [-0.39, 0.29) is 5.41 Å². The second-order valence-corrected chi connectivity index (χ2v) is 7.72. The fourth-order valence-electron chi connectivity index (χ4n) is 3.21. The molecule has 2 rings (SSSR count). The van der Waals surface area contributed by atoms with Crippen LogP contribution in [0, 0.1) is 6.92 Å². The molecule has 2 heteroatoms. The molecule has 0 heterocycles. The van der Waals surface area contributed by atoms with Gasteiger partial charge in [-0.1, -0.05) is 64.4 Å². The van der Waals surface area contributed by atoms with Crippen LogP contribution in [-0.2, 0) is 24.7 Å². The van der Waals surface area contributed by atoms with Crippen molar-refractivity contribution in [2.75, 3.05) is 0 Å². The van der Waals surface area contributed by atoms with Crippen LogP contribution >= 0.6 is 0 Å². The standard InChI is InChI=1S/C22H30O2/c1-7-15-11-16(8-2)20(23)18(12-15)13-17-9-14(3)10-19(21(17)24)22(4,5)6/h9-12,23-24H,7-8,13H2,1-6H3. The maximum absolute atomic E-state index is 10.8. The molecule has 0 aliphatic rings. The molecule has 0 aliphatic heterocycles. The number of benzene rings is 2. The molecule has 0 saturated heterocycles. The SMILES string of the molecule is CCc1cc(CC)c(O)c(Cc2cc(C)cc(C(C)(C)C)c2O)c1. The summed E-state index contributed by atoms with van der Waals surface area (Å²) in [5.74, 6) is 0.723. The van der Waals surface area contributed by atoms with Crippen LogP contribution in [0.5, 0.6) is 11.5 Å². The molecule has 24 heavy (non-hydrogen) atoms. The summed E-state index contributed by atoms with van der Waals surface area (Å²) in [7, 11) is 0. The average Bonchev–Trinajstić information content (AvgIpc) is 2.51. The third-order valence-corrected chi connectivity index (χ3v) is 4.64. The Balaban J connectivity index is 2.55. The summed E-state index contributed by atoms with van der Waals surface area (Å²) in [6, 6.07) is 8.22. The van der Waals surface area contributed by atoms with Gasteiger partial charge in [0, 0.05) is 6.42 Å². The normalized spacial score (nSPS) is 11.8. The fourth-order valence-corrected chi connectivity index (χ4v) is 3.21. The van der Waals surface area contributed by atoms with Crippen molar-refractivity contribution >= 4 is 0 Å². The molecule has 0 aliphatic carbocycles. The van der Waals surface area contributed by atoms with Crippen molar-refractivity contribution in [3.63, 3.8) is 0 Å². The molecule has 0 radical (unpaired) electrons. The maximum Gasteiger partial charge on any atom is 0.122 e. The number of phenols is 2. The average molecular weight is 326 g/mol. The molecule has 130 valence electrons. The van der Waals surface area contributed by atoms with E-state index in [0.29, 0.717) is 17.9 Å². The van der Waals surface area contributed by atoms with Crippen LogP contribution in [0.4, 0.5) is 0 Å². The summed E-state index contributed by atoms with van der Waals surface area (Å²) in [6.45, 7) is 12.6. The molecule has 0 amide bonds. The minimum Gasteiger partial charge on any atom is -0.507 e. The summed E-state index contributed by atoms with van der Waals surface area (Å²) < 4.78 is 0. The first-order valence-electron chi connectivity index (χ1n) is 8.84. The molecule has 2 aromatic rings. The summed E-state index contributed by atoms with van der Waals surface area (Å²) in [5.41, 5.74) is 5.95. The molecule has 0 unspecified atom stereocenters. The summed E-state index contributed by atoms with van der Waals surface area (Å²) in [6.07, 6.45) is 2.29. The van der Waals surface area contributed by atoms with Gasteiger partial charge in [0.2, 0.25) is 0 Å². The van der Waals surface area contributed by atoms with E-state index in [1.165, 1.54) is 5.56 Å². The highest BCUT2D eigenvalue weighted by atomic mass is 16.3. The minimum atomic E-state index is -0.118. The molecule has 0 saturated carbocycles. The van der Waals surface area contributed by atoms with Crippen LogP contribution in [0.25, 0.3) is 0 Å². The molecule has 0 fully saturated rings. The van der Waals surface area contributed by atoms with Gasteiger partial charge in [0.15, 0.2) is 0 Å². The van der Waals surface area contributed by atoms with Gasteiger partial charge in [-0.05, 0) is 53.0 Å². The van der Waals surface area contributed by atoms with Crippen molar-refractivity contribution in [2.45, 2.75) is 66.2 Å². The van der Waals surface area contributed by atoms with Crippen LogP contribution in [0.1, 0.15) is 68.0 Å².